The minimum absolute atomic E-state index is 0.0727. The molecular weight excluding hydrogens is 504 g/mol. The molecule has 4 rings (SSSR count). The number of aldehydes is 1. The van der Waals surface area contributed by atoms with Crippen LogP contribution in [0.1, 0.15) is 10.4 Å². The number of nitrogens with two attached hydrogens (primary N) is 1. The lowest BCUT2D eigenvalue weighted by atomic mass is 9.91. The number of carbonyl (C=O) groups is 1. The maximum Gasteiger partial charge on any atom is 0.300 e. The molecule has 1 heterocycles. The number of carbonyl (C=O) groups excluding carboxylic acids is 1. The number of nitrogen functional groups attached to an aromatic ring is 1. The van der Waals surface area contributed by atoms with Crippen molar-refractivity contribution in [3.8, 4) is 22.5 Å². The predicted octanol–water partition coefficient (Wildman–Crippen LogP) is 3.29. The molecule has 10 nitrogen and oxygen atoms in total. The third-order valence-electron chi connectivity index (χ3n) is 5.17. The van der Waals surface area contributed by atoms with E-state index in [0.29, 0.717) is 11.8 Å². The molecule has 0 spiro atoms. The monoisotopic (exact) mass is 520 g/mol. The van der Waals surface area contributed by atoms with Crippen molar-refractivity contribution in [1.82, 2.24) is 0 Å². The minimum Gasteiger partial charge on any atom is -0.453 e. The molecule has 5 N–H and O–H groups in total. The number of benzene rings is 3. The maximum absolute atomic E-state index is 12.2. The molecule has 13 heteroatoms. The highest BCUT2D eigenvalue weighted by molar-refractivity contribution is 7.98. The van der Waals surface area contributed by atoms with Crippen LogP contribution < -0.4 is 11.1 Å². The first-order chi connectivity index (χ1) is 15.9. The van der Waals surface area contributed by atoms with Gasteiger partial charge in [-0.3, -0.25) is 19.3 Å². The summed E-state index contributed by atoms with van der Waals surface area (Å²) >= 11 is 1.37. The molecule has 0 fully saturated rings. The molecule has 1 aliphatic carbocycles. The van der Waals surface area contributed by atoms with Gasteiger partial charge in [-0.2, -0.15) is 16.8 Å². The molecule has 176 valence electrons. The van der Waals surface area contributed by atoms with Gasteiger partial charge in [-0.25, -0.2) is 0 Å². The summed E-state index contributed by atoms with van der Waals surface area (Å²) < 4.78 is 73.9. The first-order valence-electron chi connectivity index (χ1n) is 9.33. The highest BCUT2D eigenvalue weighted by Gasteiger charge is 2.31. The molecule has 2 aliphatic rings. The highest BCUT2D eigenvalue weighted by Crippen LogP contribution is 2.45. The normalized spacial score (nSPS) is 12.3. The van der Waals surface area contributed by atoms with Gasteiger partial charge in [-0.05, 0) is 54.3 Å². The first kappa shape index (κ1) is 23.9. The van der Waals surface area contributed by atoms with Crippen molar-refractivity contribution in [2.75, 3.05) is 12.0 Å². The molecule has 1 aliphatic heterocycles. The van der Waals surface area contributed by atoms with Gasteiger partial charge in [0.15, 0.2) is 27.4 Å². The molecule has 0 amide bonds. The zero-order valence-corrected chi connectivity index (χ0v) is 19.7. The molecule has 0 radical (unpaired) electrons. The second-order valence-electron chi connectivity index (χ2n) is 7.18. The van der Waals surface area contributed by atoms with Crippen LogP contribution in [0.25, 0.3) is 33.4 Å². The van der Waals surface area contributed by atoms with Gasteiger partial charge >= 0.3 is 0 Å². The minimum atomic E-state index is -5.01. The molecule has 0 aromatic heterocycles. The topological polar surface area (TPSA) is 189 Å². The number of hydrogen-bond acceptors (Lipinski definition) is 9. The smallest absolute Gasteiger partial charge is 0.300 e. The molecule has 2 aromatic rings. The summed E-state index contributed by atoms with van der Waals surface area (Å²) in [6.45, 7) is 0. The van der Waals surface area contributed by atoms with Crippen LogP contribution in [0, 0.1) is 5.41 Å². The lowest BCUT2D eigenvalue weighted by molar-refractivity contribution is 0.112. The molecular formula is C21H16N2O8S3. The van der Waals surface area contributed by atoms with Crippen LogP contribution >= 0.6 is 11.8 Å². The molecule has 2 aromatic carbocycles. The number of fused-ring (bicyclic) bond motifs is 2. The number of hydrogen-bond donors (Lipinski definition) is 4. The van der Waals surface area contributed by atoms with Gasteiger partial charge in [-0.1, -0.05) is 0 Å². The standard InChI is InChI=1S/C21H16N2O8S3/c1-32-11-3-2-10(9-24)14(8-11)17-12-4-6-15(22)20(33(25,26)27)18(12)31-19-13(17)5-7-16(23)21(19)34(28,29)30/h2-9,22H,23H2,1H3,(H,25,26,27)(H,28,29,30). The van der Waals surface area contributed by atoms with E-state index in [9.17, 15) is 30.7 Å². The van der Waals surface area contributed by atoms with E-state index in [2.05, 4.69) is 0 Å². The molecule has 0 unspecified atom stereocenters. The third-order valence-corrected chi connectivity index (χ3v) is 7.75. The lowest BCUT2D eigenvalue weighted by Crippen LogP contribution is -2.16. The lowest BCUT2D eigenvalue weighted by Gasteiger charge is -2.20. The van der Waals surface area contributed by atoms with E-state index < -0.39 is 46.7 Å². The van der Waals surface area contributed by atoms with Crippen molar-refractivity contribution in [2.45, 2.75) is 14.7 Å². The summed E-state index contributed by atoms with van der Waals surface area (Å²) in [6.07, 6.45) is 2.38. The van der Waals surface area contributed by atoms with Gasteiger partial charge in [0.1, 0.15) is 0 Å². The van der Waals surface area contributed by atoms with Crippen LogP contribution in [0.15, 0.2) is 61.6 Å². The molecule has 0 atom stereocenters. The van der Waals surface area contributed by atoms with E-state index >= 15 is 0 Å². The third kappa shape index (κ3) is 3.86. The average Bonchev–Trinajstić information content (AvgIpc) is 2.75. The Hall–Kier alpha value is -3.23. The summed E-state index contributed by atoms with van der Waals surface area (Å²) in [5, 5.41) is 7.48. The Morgan fingerprint density at radius 1 is 0.971 bits per heavy atom. The SMILES string of the molecule is CSc1ccc(C=O)c(-c2c3ccc(=N)c(S(=O)(=O)O)c-3oc3c(S(=O)(=O)O)c(N)ccc23)c1. The van der Waals surface area contributed by atoms with E-state index in [1.165, 1.54) is 30.0 Å². The Morgan fingerprint density at radius 2 is 1.65 bits per heavy atom. The highest BCUT2D eigenvalue weighted by atomic mass is 32.2. The molecule has 0 bridgehead atoms. The summed E-state index contributed by atoms with van der Waals surface area (Å²) in [7, 11) is -9.98. The van der Waals surface area contributed by atoms with Crippen LogP contribution in [0.2, 0.25) is 0 Å². The Morgan fingerprint density at radius 3 is 2.24 bits per heavy atom. The average molecular weight is 521 g/mol. The summed E-state index contributed by atoms with van der Waals surface area (Å²) in [5.41, 5.74) is 5.66. The van der Waals surface area contributed by atoms with Crippen LogP contribution in [0.4, 0.5) is 5.69 Å². The van der Waals surface area contributed by atoms with Crippen LogP contribution in [-0.4, -0.2) is 38.5 Å². The zero-order chi connectivity index (χ0) is 25.0. The Labute approximate surface area is 197 Å². The number of anilines is 1. The van der Waals surface area contributed by atoms with Crippen molar-refractivity contribution >= 4 is 54.9 Å². The van der Waals surface area contributed by atoms with Gasteiger partial charge in [0.2, 0.25) is 0 Å². The van der Waals surface area contributed by atoms with Crippen molar-refractivity contribution in [3.05, 3.63) is 53.4 Å². The molecule has 0 saturated carbocycles. The predicted molar refractivity (Wildman–Crippen MR) is 125 cm³/mol. The van der Waals surface area contributed by atoms with Crippen molar-refractivity contribution < 1.29 is 35.2 Å². The van der Waals surface area contributed by atoms with Gasteiger partial charge in [0.05, 0.1) is 11.0 Å². The number of thioether (sulfide) groups is 1. The fraction of sp³-hybridized carbons (Fsp3) is 0.0476. The van der Waals surface area contributed by atoms with E-state index in [1.807, 2.05) is 0 Å². The second kappa shape index (κ2) is 8.21. The zero-order valence-electron chi connectivity index (χ0n) is 17.3. The summed E-state index contributed by atoms with van der Waals surface area (Å²) in [6, 6.07) is 9.98. The van der Waals surface area contributed by atoms with Gasteiger partial charge in [0, 0.05) is 27.0 Å². The molecule has 0 saturated heterocycles. The molecule has 34 heavy (non-hydrogen) atoms. The first-order valence-corrected chi connectivity index (χ1v) is 13.4. The summed E-state index contributed by atoms with van der Waals surface area (Å²) in [5.74, 6) is -0.542. The van der Waals surface area contributed by atoms with E-state index in [1.54, 1.807) is 24.5 Å². The van der Waals surface area contributed by atoms with E-state index in [0.717, 1.165) is 11.0 Å². The number of rotatable bonds is 5. The van der Waals surface area contributed by atoms with E-state index in [4.69, 9.17) is 15.6 Å². The Bertz CT molecular complexity index is 1740. The number of nitrogens with one attached hydrogen (secondary N) is 1. The van der Waals surface area contributed by atoms with Gasteiger partial charge in [-0.15, -0.1) is 11.8 Å². The maximum atomic E-state index is 12.2. The van der Waals surface area contributed by atoms with Crippen molar-refractivity contribution in [1.29, 1.82) is 5.41 Å². The quantitative estimate of drug-likeness (QED) is 0.0998. The Balaban J connectivity index is 2.40. The van der Waals surface area contributed by atoms with Crippen LogP contribution in [0.3, 0.4) is 0 Å². The van der Waals surface area contributed by atoms with Gasteiger partial charge in [0.25, 0.3) is 20.2 Å². The summed E-state index contributed by atoms with van der Waals surface area (Å²) in [4.78, 5) is 10.9. The largest absolute Gasteiger partial charge is 0.453 e. The van der Waals surface area contributed by atoms with Crippen molar-refractivity contribution in [3.63, 3.8) is 0 Å². The fourth-order valence-corrected chi connectivity index (χ4v) is 5.70. The fourth-order valence-electron chi connectivity index (χ4n) is 3.78. The van der Waals surface area contributed by atoms with Crippen molar-refractivity contribution in [2.24, 2.45) is 0 Å². The van der Waals surface area contributed by atoms with Crippen LogP contribution in [0.5, 0.6) is 0 Å². The van der Waals surface area contributed by atoms with Gasteiger partial charge < -0.3 is 10.2 Å². The Kier molecular flexibility index (Phi) is 5.78. The van der Waals surface area contributed by atoms with E-state index in [-0.39, 0.29) is 27.8 Å². The van der Waals surface area contributed by atoms with Crippen LogP contribution in [-0.2, 0) is 20.2 Å². The second-order valence-corrected chi connectivity index (χ2v) is 10.8.